The fourth-order valence-corrected chi connectivity index (χ4v) is 2.68. The van der Waals surface area contributed by atoms with Gasteiger partial charge >= 0.3 is 0 Å². The van der Waals surface area contributed by atoms with Gasteiger partial charge in [-0.25, -0.2) is 13.5 Å². The van der Waals surface area contributed by atoms with Crippen molar-refractivity contribution < 1.29 is 13.6 Å². The first kappa shape index (κ1) is 16.3. The number of aryl methyl sites for hydroxylation is 1. The van der Waals surface area contributed by atoms with Gasteiger partial charge in [-0.05, 0) is 53.2 Å². The van der Waals surface area contributed by atoms with E-state index in [1.807, 2.05) is 0 Å². The number of anilines is 1. The van der Waals surface area contributed by atoms with Gasteiger partial charge in [0.1, 0.15) is 23.1 Å². The Kier molecular flexibility index (Phi) is 4.44. The van der Waals surface area contributed by atoms with E-state index < -0.39 is 17.5 Å². The fourth-order valence-electron chi connectivity index (χ4n) is 2.25. The highest BCUT2D eigenvalue weighted by Gasteiger charge is 2.16. The van der Waals surface area contributed by atoms with Crippen molar-refractivity contribution in [3.8, 4) is 5.69 Å². The van der Waals surface area contributed by atoms with E-state index in [-0.39, 0.29) is 11.3 Å². The lowest BCUT2D eigenvalue weighted by molar-refractivity contribution is 0.102. The molecule has 0 atom stereocenters. The molecular formula is C17H12BrF2N3O. The van der Waals surface area contributed by atoms with Gasteiger partial charge in [-0.3, -0.25) is 4.79 Å². The Hall–Kier alpha value is -2.54. The summed E-state index contributed by atoms with van der Waals surface area (Å²) in [5, 5.41) is 6.84. The monoisotopic (exact) mass is 391 g/mol. The van der Waals surface area contributed by atoms with Crippen molar-refractivity contribution in [3.05, 3.63) is 75.9 Å². The molecule has 1 N–H and O–H groups in total. The largest absolute Gasteiger partial charge is 0.306 e. The van der Waals surface area contributed by atoms with Crippen LogP contribution in [0, 0.1) is 18.6 Å². The minimum absolute atomic E-state index is 0.133. The number of rotatable bonds is 3. The van der Waals surface area contributed by atoms with E-state index in [9.17, 15) is 13.6 Å². The highest BCUT2D eigenvalue weighted by molar-refractivity contribution is 9.10. The molecule has 0 saturated heterocycles. The van der Waals surface area contributed by atoms with Crippen molar-refractivity contribution in [1.29, 1.82) is 0 Å². The van der Waals surface area contributed by atoms with Crippen LogP contribution in [-0.4, -0.2) is 15.7 Å². The summed E-state index contributed by atoms with van der Waals surface area (Å²) in [6.07, 6.45) is 0. The summed E-state index contributed by atoms with van der Waals surface area (Å²) in [5.74, 6) is -1.23. The quantitative estimate of drug-likeness (QED) is 0.715. The fraction of sp³-hybridized carbons (Fsp3) is 0.0588. The summed E-state index contributed by atoms with van der Waals surface area (Å²) in [6.45, 7) is 1.73. The Bertz CT molecular complexity index is 924. The first-order chi connectivity index (χ1) is 11.5. The van der Waals surface area contributed by atoms with Crippen molar-refractivity contribution in [2.45, 2.75) is 6.92 Å². The van der Waals surface area contributed by atoms with Crippen LogP contribution in [0.1, 0.15) is 16.1 Å². The van der Waals surface area contributed by atoms with Gasteiger partial charge in [0.15, 0.2) is 0 Å². The van der Waals surface area contributed by atoms with E-state index in [0.717, 1.165) is 6.07 Å². The van der Waals surface area contributed by atoms with E-state index in [4.69, 9.17) is 0 Å². The zero-order chi connectivity index (χ0) is 17.3. The minimum Gasteiger partial charge on any atom is -0.306 e. The van der Waals surface area contributed by atoms with Gasteiger partial charge in [-0.1, -0.05) is 12.1 Å². The number of para-hydroxylation sites is 1. The van der Waals surface area contributed by atoms with Crippen LogP contribution in [0.3, 0.4) is 0 Å². The molecule has 0 aliphatic heterocycles. The maximum atomic E-state index is 14.0. The van der Waals surface area contributed by atoms with Crippen LogP contribution in [0.4, 0.5) is 14.6 Å². The molecule has 0 aliphatic carbocycles. The maximum Gasteiger partial charge on any atom is 0.258 e. The molecule has 0 unspecified atom stereocenters. The van der Waals surface area contributed by atoms with Crippen molar-refractivity contribution in [3.63, 3.8) is 0 Å². The molecule has 3 rings (SSSR count). The Morgan fingerprint density at radius 3 is 2.67 bits per heavy atom. The molecule has 1 aromatic heterocycles. The first-order valence-corrected chi connectivity index (χ1v) is 7.83. The summed E-state index contributed by atoms with van der Waals surface area (Å²) in [4.78, 5) is 12.4. The maximum absolute atomic E-state index is 14.0. The van der Waals surface area contributed by atoms with Crippen molar-refractivity contribution >= 4 is 27.7 Å². The van der Waals surface area contributed by atoms with Gasteiger partial charge in [-0.2, -0.15) is 5.10 Å². The molecule has 24 heavy (non-hydrogen) atoms. The van der Waals surface area contributed by atoms with Crippen molar-refractivity contribution in [2.75, 3.05) is 5.32 Å². The lowest BCUT2D eigenvalue weighted by Crippen LogP contribution is -2.16. The second-order valence-electron chi connectivity index (χ2n) is 5.11. The van der Waals surface area contributed by atoms with Gasteiger partial charge in [0.25, 0.3) is 5.91 Å². The molecule has 1 heterocycles. The highest BCUT2D eigenvalue weighted by Crippen LogP contribution is 2.22. The molecule has 0 spiro atoms. The number of carbonyl (C=O) groups excluding carboxylic acids is 1. The van der Waals surface area contributed by atoms with Gasteiger partial charge in [0.05, 0.1) is 11.3 Å². The van der Waals surface area contributed by atoms with Gasteiger partial charge in [0.2, 0.25) is 0 Å². The number of benzene rings is 2. The van der Waals surface area contributed by atoms with Crippen LogP contribution in [0.15, 0.2) is 53.0 Å². The molecular weight excluding hydrogens is 380 g/mol. The summed E-state index contributed by atoms with van der Waals surface area (Å²) < 4.78 is 29.1. The molecule has 122 valence electrons. The molecule has 0 fully saturated rings. The third-order valence-electron chi connectivity index (χ3n) is 3.33. The molecule has 4 nitrogen and oxygen atoms in total. The molecule has 0 aliphatic rings. The van der Waals surface area contributed by atoms with Crippen LogP contribution in [-0.2, 0) is 0 Å². The van der Waals surface area contributed by atoms with Crippen molar-refractivity contribution in [1.82, 2.24) is 9.78 Å². The average molecular weight is 392 g/mol. The summed E-state index contributed by atoms with van der Waals surface area (Å²) >= 11 is 3.21. The Balaban J connectivity index is 1.98. The number of amides is 1. The number of aromatic nitrogens is 2. The third-order valence-corrected chi connectivity index (χ3v) is 4.02. The van der Waals surface area contributed by atoms with Gasteiger partial charge in [0, 0.05) is 10.5 Å². The topological polar surface area (TPSA) is 46.9 Å². The number of hydrogen-bond acceptors (Lipinski definition) is 2. The summed E-state index contributed by atoms with van der Waals surface area (Å²) in [5.41, 5.74) is 0.944. The van der Waals surface area contributed by atoms with E-state index >= 15 is 0 Å². The Labute approximate surface area is 145 Å². The number of nitrogens with zero attached hydrogens (tertiary/aromatic N) is 2. The van der Waals surface area contributed by atoms with E-state index in [0.29, 0.717) is 16.0 Å². The van der Waals surface area contributed by atoms with Crippen LogP contribution < -0.4 is 5.32 Å². The average Bonchev–Trinajstić information content (AvgIpc) is 2.90. The van der Waals surface area contributed by atoms with E-state index in [2.05, 4.69) is 26.3 Å². The second kappa shape index (κ2) is 6.52. The summed E-state index contributed by atoms with van der Waals surface area (Å²) in [6, 6.07) is 11.5. The number of hydrogen-bond donors (Lipinski definition) is 1. The number of nitrogens with one attached hydrogen (secondary N) is 1. The minimum atomic E-state index is -0.529. The van der Waals surface area contributed by atoms with Gasteiger partial charge in [-0.15, -0.1) is 0 Å². The first-order valence-electron chi connectivity index (χ1n) is 7.03. The molecule has 0 saturated carbocycles. The van der Waals surface area contributed by atoms with Crippen molar-refractivity contribution in [2.24, 2.45) is 0 Å². The number of halogens is 3. The van der Waals surface area contributed by atoms with Crippen LogP contribution >= 0.6 is 15.9 Å². The van der Waals surface area contributed by atoms with Gasteiger partial charge < -0.3 is 5.32 Å². The van der Waals surface area contributed by atoms with Crippen LogP contribution in [0.25, 0.3) is 5.69 Å². The molecule has 1 amide bonds. The molecule has 0 bridgehead atoms. The number of carbonyl (C=O) groups is 1. The second-order valence-corrected chi connectivity index (χ2v) is 5.97. The van der Waals surface area contributed by atoms with E-state index in [1.54, 1.807) is 31.2 Å². The zero-order valence-corrected chi connectivity index (χ0v) is 14.1. The normalized spacial score (nSPS) is 10.7. The predicted molar refractivity (Wildman–Crippen MR) is 90.3 cm³/mol. The lowest BCUT2D eigenvalue weighted by atomic mass is 10.2. The molecule has 0 radical (unpaired) electrons. The SMILES string of the molecule is Cc1cc(NC(=O)c2cc(F)ccc2Br)n(-c2ccccc2F)n1. The Morgan fingerprint density at radius 2 is 1.92 bits per heavy atom. The lowest BCUT2D eigenvalue weighted by Gasteiger charge is -2.10. The molecule has 7 heteroatoms. The third kappa shape index (κ3) is 3.21. The zero-order valence-electron chi connectivity index (χ0n) is 12.6. The molecule has 3 aromatic rings. The smallest absolute Gasteiger partial charge is 0.258 e. The van der Waals surface area contributed by atoms with E-state index in [1.165, 1.54) is 22.9 Å². The standard InChI is InChI=1S/C17H12BrF2N3O/c1-10-8-16(23(22-10)15-5-3-2-4-14(15)20)21-17(24)12-9-11(19)6-7-13(12)18/h2-9H,1H3,(H,21,24). The van der Waals surface area contributed by atoms with Crippen LogP contribution in [0.2, 0.25) is 0 Å². The predicted octanol–water partition coefficient (Wildman–Crippen LogP) is 4.47. The van der Waals surface area contributed by atoms with Crippen LogP contribution in [0.5, 0.6) is 0 Å². The highest BCUT2D eigenvalue weighted by atomic mass is 79.9. The summed E-state index contributed by atoms with van der Waals surface area (Å²) in [7, 11) is 0. The Morgan fingerprint density at radius 1 is 1.17 bits per heavy atom. The molecule has 2 aromatic carbocycles.